The fraction of sp³-hybridized carbons (Fsp3) is 0.154. The van der Waals surface area contributed by atoms with Crippen LogP contribution in [0.3, 0.4) is 0 Å². The van der Waals surface area contributed by atoms with Crippen LogP contribution in [0.2, 0.25) is 0 Å². The van der Waals surface area contributed by atoms with E-state index in [0.717, 1.165) is 11.3 Å². The molecule has 0 saturated carbocycles. The minimum atomic E-state index is -4.97. The molecule has 124 valence electrons. The first-order chi connectivity index (χ1) is 10.5. The van der Waals surface area contributed by atoms with Crippen LogP contribution < -0.4 is 5.32 Å². The van der Waals surface area contributed by atoms with Crippen molar-refractivity contribution in [2.24, 2.45) is 0 Å². The number of hydrogen-bond acceptors (Lipinski definition) is 3. The van der Waals surface area contributed by atoms with Gasteiger partial charge in [0.05, 0.1) is 22.4 Å². The fourth-order valence-electron chi connectivity index (χ4n) is 1.74. The normalized spacial score (nSPS) is 12.3. The summed E-state index contributed by atoms with van der Waals surface area (Å²) in [6.45, 7) is 0. The largest absolute Gasteiger partial charge is 0.478 e. The Morgan fingerprint density at radius 2 is 1.48 bits per heavy atom. The Bertz CT molecular complexity index is 703. The molecule has 0 aliphatic rings. The number of carboxylic acid groups (broad SMARTS) is 1. The zero-order valence-electron chi connectivity index (χ0n) is 10.9. The average molecular weight is 355 g/mol. The number of aromatic carboxylic acids is 1. The first-order valence-corrected chi connectivity index (χ1v) is 6.79. The number of anilines is 2. The number of carbonyl (C=O) groups is 1. The highest BCUT2D eigenvalue weighted by atomic mass is 32.1. The van der Waals surface area contributed by atoms with E-state index in [0.29, 0.717) is 12.1 Å². The minimum absolute atomic E-state index is 0.00307. The van der Waals surface area contributed by atoms with Crippen LogP contribution in [0.25, 0.3) is 0 Å². The molecule has 0 spiro atoms. The lowest BCUT2D eigenvalue weighted by atomic mass is 10.1. The Kier molecular flexibility index (Phi) is 4.29. The van der Waals surface area contributed by atoms with E-state index in [4.69, 9.17) is 5.11 Å². The number of thiophene rings is 1. The SMILES string of the molecule is O=C(O)c1cscc1Nc1cc(C(F)(F)F)cc(C(F)(F)F)c1. The number of carboxylic acids is 1. The van der Waals surface area contributed by atoms with Gasteiger partial charge in [0.25, 0.3) is 0 Å². The highest BCUT2D eigenvalue weighted by molar-refractivity contribution is 7.08. The molecular formula is C13H7F6NO2S. The minimum Gasteiger partial charge on any atom is -0.478 e. The van der Waals surface area contributed by atoms with Crippen LogP contribution in [0, 0.1) is 0 Å². The van der Waals surface area contributed by atoms with Gasteiger partial charge in [-0.1, -0.05) is 0 Å². The summed E-state index contributed by atoms with van der Waals surface area (Å²) in [4.78, 5) is 10.9. The van der Waals surface area contributed by atoms with Gasteiger partial charge in [0.15, 0.2) is 0 Å². The Morgan fingerprint density at radius 3 is 1.91 bits per heavy atom. The number of rotatable bonds is 3. The van der Waals surface area contributed by atoms with Crippen molar-refractivity contribution in [1.82, 2.24) is 0 Å². The standard InChI is InChI=1S/C13H7F6NO2S/c14-12(15,16)6-1-7(13(17,18)19)3-8(2-6)20-10-5-23-4-9(10)11(21)22/h1-5,20H,(H,21,22). The van der Waals surface area contributed by atoms with E-state index in [-0.39, 0.29) is 17.3 Å². The predicted octanol–water partition coefficient (Wildman–Crippen LogP) is 5.23. The topological polar surface area (TPSA) is 49.3 Å². The molecular weight excluding hydrogens is 348 g/mol. The van der Waals surface area contributed by atoms with Gasteiger partial charge in [-0.05, 0) is 18.2 Å². The molecule has 0 atom stereocenters. The summed E-state index contributed by atoms with van der Waals surface area (Å²) < 4.78 is 76.4. The van der Waals surface area contributed by atoms with Crippen molar-refractivity contribution in [2.45, 2.75) is 12.4 Å². The van der Waals surface area contributed by atoms with Crippen LogP contribution in [-0.2, 0) is 12.4 Å². The maximum atomic E-state index is 12.7. The monoisotopic (exact) mass is 355 g/mol. The zero-order chi connectivity index (χ0) is 17.4. The van der Waals surface area contributed by atoms with Crippen LogP contribution >= 0.6 is 11.3 Å². The Morgan fingerprint density at radius 1 is 0.957 bits per heavy atom. The highest BCUT2D eigenvalue weighted by Crippen LogP contribution is 2.38. The van der Waals surface area contributed by atoms with Gasteiger partial charge >= 0.3 is 18.3 Å². The Hall–Kier alpha value is -2.23. The molecule has 0 aliphatic carbocycles. The van der Waals surface area contributed by atoms with Crippen LogP contribution in [0.5, 0.6) is 0 Å². The van der Waals surface area contributed by atoms with E-state index >= 15 is 0 Å². The Balaban J connectivity index is 2.49. The summed E-state index contributed by atoms with van der Waals surface area (Å²) in [6, 6.07) is 0.966. The number of alkyl halides is 6. The van der Waals surface area contributed by atoms with Gasteiger partial charge in [-0.15, -0.1) is 11.3 Å². The van der Waals surface area contributed by atoms with Crippen molar-refractivity contribution in [3.63, 3.8) is 0 Å². The summed E-state index contributed by atoms with van der Waals surface area (Å²) in [7, 11) is 0. The van der Waals surface area contributed by atoms with E-state index in [1.54, 1.807) is 0 Å². The van der Waals surface area contributed by atoms with Gasteiger partial charge in [0.1, 0.15) is 0 Å². The first-order valence-electron chi connectivity index (χ1n) is 5.84. The van der Waals surface area contributed by atoms with E-state index < -0.39 is 35.1 Å². The van der Waals surface area contributed by atoms with Gasteiger partial charge in [-0.2, -0.15) is 26.3 Å². The average Bonchev–Trinajstić information content (AvgIpc) is 2.84. The van der Waals surface area contributed by atoms with Crippen molar-refractivity contribution < 1.29 is 36.2 Å². The molecule has 0 aliphatic heterocycles. The molecule has 0 unspecified atom stereocenters. The predicted molar refractivity (Wildman–Crippen MR) is 71.0 cm³/mol. The third-order valence-electron chi connectivity index (χ3n) is 2.76. The fourth-order valence-corrected chi connectivity index (χ4v) is 2.50. The summed E-state index contributed by atoms with van der Waals surface area (Å²) in [5, 5.41) is 13.7. The van der Waals surface area contributed by atoms with Crippen LogP contribution in [-0.4, -0.2) is 11.1 Å². The quantitative estimate of drug-likeness (QED) is 0.742. The van der Waals surface area contributed by atoms with Crippen LogP contribution in [0.15, 0.2) is 29.0 Å². The molecule has 2 aromatic rings. The van der Waals surface area contributed by atoms with Gasteiger partial charge in [0.2, 0.25) is 0 Å². The van der Waals surface area contributed by atoms with Crippen molar-refractivity contribution in [1.29, 1.82) is 0 Å². The summed E-state index contributed by atoms with van der Waals surface area (Å²) in [6.07, 6.45) is -9.94. The number of benzene rings is 1. The molecule has 2 rings (SSSR count). The smallest absolute Gasteiger partial charge is 0.416 e. The zero-order valence-corrected chi connectivity index (χ0v) is 11.7. The van der Waals surface area contributed by atoms with Gasteiger partial charge in [-0.25, -0.2) is 4.79 Å². The van der Waals surface area contributed by atoms with Gasteiger partial charge < -0.3 is 10.4 Å². The number of nitrogens with one attached hydrogen (secondary N) is 1. The van der Waals surface area contributed by atoms with E-state index in [9.17, 15) is 31.1 Å². The molecule has 0 saturated heterocycles. The second kappa shape index (κ2) is 5.76. The molecule has 1 aromatic heterocycles. The van der Waals surface area contributed by atoms with E-state index in [1.807, 2.05) is 0 Å². The second-order valence-corrected chi connectivity index (χ2v) is 5.17. The van der Waals surface area contributed by atoms with E-state index in [1.165, 1.54) is 10.8 Å². The van der Waals surface area contributed by atoms with Gasteiger partial charge in [0, 0.05) is 16.4 Å². The summed E-state index contributed by atoms with van der Waals surface area (Å²) in [5.74, 6) is -1.35. The molecule has 2 N–H and O–H groups in total. The Labute approximate surface area is 129 Å². The van der Waals surface area contributed by atoms with Crippen molar-refractivity contribution in [3.8, 4) is 0 Å². The number of halogens is 6. The number of hydrogen-bond donors (Lipinski definition) is 2. The highest BCUT2D eigenvalue weighted by Gasteiger charge is 2.37. The van der Waals surface area contributed by atoms with Gasteiger partial charge in [-0.3, -0.25) is 0 Å². The third-order valence-corrected chi connectivity index (χ3v) is 3.50. The molecule has 0 radical (unpaired) electrons. The maximum Gasteiger partial charge on any atom is 0.416 e. The molecule has 10 heteroatoms. The van der Waals surface area contributed by atoms with E-state index in [2.05, 4.69) is 5.32 Å². The lowest BCUT2D eigenvalue weighted by molar-refractivity contribution is -0.143. The van der Waals surface area contributed by atoms with Crippen molar-refractivity contribution in [2.75, 3.05) is 5.32 Å². The molecule has 0 bridgehead atoms. The molecule has 0 amide bonds. The lowest BCUT2D eigenvalue weighted by Crippen LogP contribution is -2.11. The molecule has 1 heterocycles. The molecule has 3 nitrogen and oxygen atoms in total. The molecule has 1 aromatic carbocycles. The summed E-state index contributed by atoms with van der Waals surface area (Å²) in [5.41, 5.74) is -3.81. The molecule has 23 heavy (non-hydrogen) atoms. The summed E-state index contributed by atoms with van der Waals surface area (Å²) >= 11 is 0.945. The lowest BCUT2D eigenvalue weighted by Gasteiger charge is -2.15. The van der Waals surface area contributed by atoms with Crippen LogP contribution in [0.1, 0.15) is 21.5 Å². The molecule has 0 fully saturated rings. The second-order valence-electron chi connectivity index (χ2n) is 4.42. The van der Waals surface area contributed by atoms with Crippen molar-refractivity contribution in [3.05, 3.63) is 45.6 Å². The van der Waals surface area contributed by atoms with Crippen LogP contribution in [0.4, 0.5) is 37.7 Å². The first kappa shape index (κ1) is 17.1. The third kappa shape index (κ3) is 3.95. The maximum absolute atomic E-state index is 12.7. The van der Waals surface area contributed by atoms with Crippen molar-refractivity contribution >= 4 is 28.7 Å².